The first-order chi connectivity index (χ1) is 11.6. The molecule has 124 valence electrons. The van der Waals surface area contributed by atoms with Gasteiger partial charge in [-0.05, 0) is 28.8 Å². The number of aromatic nitrogens is 1. The summed E-state index contributed by atoms with van der Waals surface area (Å²) in [4.78, 5) is 4.26. The van der Waals surface area contributed by atoms with Gasteiger partial charge in [-0.15, -0.1) is 0 Å². The number of halogens is 1. The van der Waals surface area contributed by atoms with Crippen molar-refractivity contribution in [2.45, 2.75) is 6.54 Å². The first-order valence-corrected chi connectivity index (χ1v) is 8.20. The standard InChI is InChI=1S/C17H15FN2O3S/c1-23-17-9-16-14(8-15(17)18)13(6-7-19-16)12-4-2-11(3-5-12)10-20-24(21)22/h2-9,20H,10H2,1H3,(H,21,22)/p-1. The van der Waals surface area contributed by atoms with Gasteiger partial charge in [0, 0.05) is 35.5 Å². The molecule has 3 aromatic rings. The van der Waals surface area contributed by atoms with Crippen LogP contribution in [-0.2, 0) is 17.8 Å². The minimum atomic E-state index is -2.29. The molecule has 0 aliphatic rings. The maximum Gasteiger partial charge on any atom is 0.165 e. The van der Waals surface area contributed by atoms with Gasteiger partial charge in [0.2, 0.25) is 0 Å². The molecule has 1 atom stereocenters. The number of hydrogen-bond acceptors (Lipinski definition) is 4. The predicted octanol–water partition coefficient (Wildman–Crippen LogP) is 2.93. The fraction of sp³-hybridized carbons (Fsp3) is 0.118. The molecular formula is C17H14FN2O3S-. The molecule has 0 spiro atoms. The van der Waals surface area contributed by atoms with Gasteiger partial charge < -0.3 is 9.29 Å². The van der Waals surface area contributed by atoms with Crippen molar-refractivity contribution in [1.82, 2.24) is 9.71 Å². The van der Waals surface area contributed by atoms with E-state index in [2.05, 4.69) is 9.71 Å². The number of pyridine rings is 1. The fourth-order valence-corrected chi connectivity index (χ4v) is 2.78. The normalized spacial score (nSPS) is 12.3. The van der Waals surface area contributed by atoms with E-state index < -0.39 is 17.1 Å². The third-order valence-electron chi connectivity index (χ3n) is 3.67. The smallest absolute Gasteiger partial charge is 0.165 e. The van der Waals surface area contributed by atoms with Crippen LogP contribution in [0.1, 0.15) is 5.56 Å². The summed E-state index contributed by atoms with van der Waals surface area (Å²) >= 11 is -2.29. The van der Waals surface area contributed by atoms with Crippen molar-refractivity contribution in [2.75, 3.05) is 7.11 Å². The number of nitrogens with one attached hydrogen (secondary N) is 1. The van der Waals surface area contributed by atoms with Gasteiger partial charge in [0.1, 0.15) is 0 Å². The number of nitrogens with zero attached hydrogens (tertiary/aromatic N) is 1. The topological polar surface area (TPSA) is 74.3 Å². The molecule has 0 bridgehead atoms. The molecule has 0 radical (unpaired) electrons. The molecule has 0 aliphatic heterocycles. The molecule has 0 saturated heterocycles. The summed E-state index contributed by atoms with van der Waals surface area (Å²) in [6, 6.07) is 12.2. The Hall–Kier alpha value is -2.35. The van der Waals surface area contributed by atoms with Gasteiger partial charge in [0.25, 0.3) is 0 Å². The van der Waals surface area contributed by atoms with Gasteiger partial charge >= 0.3 is 0 Å². The first-order valence-electron chi connectivity index (χ1n) is 7.13. The summed E-state index contributed by atoms with van der Waals surface area (Å²) in [5, 5.41) is 0.683. The second-order valence-electron chi connectivity index (χ2n) is 5.12. The number of rotatable bonds is 5. The molecule has 1 aromatic heterocycles. The van der Waals surface area contributed by atoms with Crippen LogP contribution >= 0.6 is 0 Å². The Morgan fingerprint density at radius 1 is 1.25 bits per heavy atom. The Balaban J connectivity index is 2.00. The third-order valence-corrected chi connectivity index (χ3v) is 4.05. The molecule has 1 N–H and O–H groups in total. The van der Waals surface area contributed by atoms with Crippen LogP contribution in [-0.4, -0.2) is 20.9 Å². The number of ether oxygens (including phenoxy) is 1. The van der Waals surface area contributed by atoms with Crippen LogP contribution in [0.2, 0.25) is 0 Å². The average molecular weight is 345 g/mol. The van der Waals surface area contributed by atoms with Crippen molar-refractivity contribution in [2.24, 2.45) is 0 Å². The molecule has 3 rings (SSSR count). The van der Waals surface area contributed by atoms with E-state index in [4.69, 9.17) is 4.74 Å². The maximum atomic E-state index is 14.0. The zero-order valence-corrected chi connectivity index (χ0v) is 13.6. The van der Waals surface area contributed by atoms with Crippen LogP contribution < -0.4 is 9.46 Å². The molecule has 2 aromatic carbocycles. The minimum absolute atomic E-state index is 0.152. The van der Waals surface area contributed by atoms with E-state index in [-0.39, 0.29) is 12.3 Å². The van der Waals surface area contributed by atoms with Crippen molar-refractivity contribution in [3.63, 3.8) is 0 Å². The minimum Gasteiger partial charge on any atom is -0.760 e. The molecule has 5 nitrogen and oxygen atoms in total. The average Bonchev–Trinajstić information content (AvgIpc) is 2.59. The third kappa shape index (κ3) is 3.43. The van der Waals surface area contributed by atoms with E-state index in [0.29, 0.717) is 10.9 Å². The predicted molar refractivity (Wildman–Crippen MR) is 89.4 cm³/mol. The Kier molecular flexibility index (Phi) is 4.84. The zero-order valence-electron chi connectivity index (χ0n) is 12.8. The molecule has 0 saturated carbocycles. The highest BCUT2D eigenvalue weighted by molar-refractivity contribution is 7.77. The van der Waals surface area contributed by atoms with Crippen molar-refractivity contribution in [3.8, 4) is 16.9 Å². The second-order valence-corrected chi connectivity index (χ2v) is 5.87. The van der Waals surface area contributed by atoms with E-state index in [0.717, 1.165) is 16.7 Å². The molecule has 1 unspecified atom stereocenters. The highest BCUT2D eigenvalue weighted by Crippen LogP contribution is 2.31. The van der Waals surface area contributed by atoms with E-state index in [1.807, 2.05) is 30.3 Å². The van der Waals surface area contributed by atoms with Crippen LogP contribution in [0.25, 0.3) is 22.0 Å². The molecule has 0 fully saturated rings. The van der Waals surface area contributed by atoms with Gasteiger partial charge in [-0.2, -0.15) is 0 Å². The van der Waals surface area contributed by atoms with Crippen molar-refractivity contribution < 1.29 is 17.9 Å². The maximum absolute atomic E-state index is 14.0. The lowest BCUT2D eigenvalue weighted by Gasteiger charge is -2.10. The monoisotopic (exact) mass is 345 g/mol. The lowest BCUT2D eigenvalue weighted by atomic mass is 10.00. The Bertz CT molecular complexity index is 900. The Labute approximate surface area is 140 Å². The van der Waals surface area contributed by atoms with E-state index >= 15 is 0 Å². The van der Waals surface area contributed by atoms with Crippen LogP contribution in [0.3, 0.4) is 0 Å². The van der Waals surface area contributed by atoms with Crippen molar-refractivity contribution >= 4 is 22.2 Å². The SMILES string of the molecule is COc1cc2nccc(-c3ccc(CNS(=O)[O-])cc3)c2cc1F. The van der Waals surface area contributed by atoms with Crippen LogP contribution in [0.4, 0.5) is 4.39 Å². The van der Waals surface area contributed by atoms with Gasteiger partial charge in [0.05, 0.1) is 12.6 Å². The van der Waals surface area contributed by atoms with Crippen molar-refractivity contribution in [1.29, 1.82) is 0 Å². The van der Waals surface area contributed by atoms with Gasteiger partial charge in [-0.1, -0.05) is 24.3 Å². The summed E-state index contributed by atoms with van der Waals surface area (Å²) in [5.74, 6) is -0.294. The Morgan fingerprint density at radius 2 is 2.00 bits per heavy atom. The first kappa shape index (κ1) is 16.5. The number of hydrogen-bond donors (Lipinski definition) is 1. The number of benzene rings is 2. The van der Waals surface area contributed by atoms with Gasteiger partial charge in [0.15, 0.2) is 11.6 Å². The van der Waals surface area contributed by atoms with Crippen LogP contribution in [0.15, 0.2) is 48.7 Å². The zero-order chi connectivity index (χ0) is 17.1. The Morgan fingerprint density at radius 3 is 2.67 bits per heavy atom. The molecule has 7 heteroatoms. The lowest BCUT2D eigenvalue weighted by molar-refractivity contribution is 0.387. The summed E-state index contributed by atoms with van der Waals surface area (Å²) in [5.41, 5.74) is 3.19. The fourth-order valence-electron chi connectivity index (χ4n) is 2.50. The number of fused-ring (bicyclic) bond motifs is 1. The lowest BCUT2D eigenvalue weighted by Crippen LogP contribution is -2.15. The number of methoxy groups -OCH3 is 1. The van der Waals surface area contributed by atoms with E-state index in [1.165, 1.54) is 13.2 Å². The van der Waals surface area contributed by atoms with E-state index in [9.17, 15) is 13.2 Å². The highest BCUT2D eigenvalue weighted by atomic mass is 32.2. The van der Waals surface area contributed by atoms with E-state index in [1.54, 1.807) is 12.3 Å². The van der Waals surface area contributed by atoms with Crippen LogP contribution in [0, 0.1) is 5.82 Å². The summed E-state index contributed by atoms with van der Waals surface area (Å²) in [7, 11) is 1.41. The molecule has 24 heavy (non-hydrogen) atoms. The summed E-state index contributed by atoms with van der Waals surface area (Å²) < 4.78 is 42.4. The summed E-state index contributed by atoms with van der Waals surface area (Å²) in [6.45, 7) is 0.222. The van der Waals surface area contributed by atoms with Crippen LogP contribution in [0.5, 0.6) is 5.75 Å². The second kappa shape index (κ2) is 7.04. The van der Waals surface area contributed by atoms with Gasteiger partial charge in [-0.25, -0.2) is 9.11 Å². The highest BCUT2D eigenvalue weighted by Gasteiger charge is 2.10. The largest absolute Gasteiger partial charge is 0.760 e. The summed E-state index contributed by atoms with van der Waals surface area (Å²) in [6.07, 6.45) is 1.66. The molecular weight excluding hydrogens is 331 g/mol. The quantitative estimate of drug-likeness (QED) is 0.722. The molecule has 0 aliphatic carbocycles. The molecule has 0 amide bonds. The van der Waals surface area contributed by atoms with Crippen molar-refractivity contribution in [3.05, 3.63) is 60.0 Å². The van der Waals surface area contributed by atoms with Gasteiger partial charge in [-0.3, -0.25) is 9.19 Å². The molecule has 1 heterocycles.